The Morgan fingerprint density at radius 3 is 1.95 bits per heavy atom. The van der Waals surface area contributed by atoms with E-state index in [1.807, 2.05) is 97.9 Å². The molecule has 0 aromatic heterocycles. The maximum Gasteiger partial charge on any atom is 0.332 e. The van der Waals surface area contributed by atoms with E-state index in [0.717, 1.165) is 29.5 Å². The van der Waals surface area contributed by atoms with Crippen LogP contribution >= 0.6 is 0 Å². The molecular formula is C33H40O7. The Balaban J connectivity index is 1.51. The lowest BCUT2D eigenvalue weighted by Crippen LogP contribution is -2.54. The van der Waals surface area contributed by atoms with E-state index in [1.54, 1.807) is 0 Å². The molecule has 5 atom stereocenters. The van der Waals surface area contributed by atoms with Gasteiger partial charge in [0, 0.05) is 6.42 Å². The summed E-state index contributed by atoms with van der Waals surface area (Å²) in [5.74, 6) is -0.988. The zero-order chi connectivity index (χ0) is 28.0. The molecule has 0 amide bonds. The summed E-state index contributed by atoms with van der Waals surface area (Å²) >= 11 is 0. The van der Waals surface area contributed by atoms with Crippen LogP contribution in [0.1, 0.15) is 49.3 Å². The molecule has 1 aliphatic heterocycles. The Morgan fingerprint density at radius 1 is 0.850 bits per heavy atom. The first-order valence-electron chi connectivity index (χ1n) is 14.1. The zero-order valence-corrected chi connectivity index (χ0v) is 23.1. The molecule has 1 fully saturated rings. The highest BCUT2D eigenvalue weighted by molar-refractivity contribution is 5.72. The van der Waals surface area contributed by atoms with Crippen LogP contribution in [-0.4, -0.2) is 48.4 Å². The molecule has 4 rings (SSSR count). The highest BCUT2D eigenvalue weighted by Crippen LogP contribution is 2.29. The number of carboxylic acid groups (broad SMARTS) is 1. The van der Waals surface area contributed by atoms with Crippen molar-refractivity contribution in [1.29, 1.82) is 0 Å². The quantitative estimate of drug-likeness (QED) is 0.230. The summed E-state index contributed by atoms with van der Waals surface area (Å²) in [6, 6.07) is 29.8. The standard InChI is InChI=1S/C33H40O7/c1-2-3-19-28(33(34)35)39-31-20-29(37-22-26-15-9-5-10-16-26)32(38-23-27-17-11-6-12-18-27)30(40-31)24-36-21-25-13-7-4-8-14-25/h4-18,28-32H,2-3,19-24H2,1H3,(H,34,35)/t28?,29-,30-,31+,32+/m1/s1. The van der Waals surface area contributed by atoms with Gasteiger partial charge in [-0.25, -0.2) is 4.79 Å². The monoisotopic (exact) mass is 548 g/mol. The van der Waals surface area contributed by atoms with Crippen molar-refractivity contribution in [2.45, 2.75) is 83.1 Å². The lowest BCUT2D eigenvalue weighted by atomic mass is 10.0. The molecule has 1 heterocycles. The van der Waals surface area contributed by atoms with Crippen molar-refractivity contribution in [3.63, 3.8) is 0 Å². The summed E-state index contributed by atoms with van der Waals surface area (Å²) < 4.78 is 31.3. The first-order valence-corrected chi connectivity index (χ1v) is 14.1. The zero-order valence-electron chi connectivity index (χ0n) is 23.1. The molecule has 7 nitrogen and oxygen atoms in total. The van der Waals surface area contributed by atoms with E-state index in [0.29, 0.717) is 32.7 Å². The van der Waals surface area contributed by atoms with Crippen LogP contribution in [0.5, 0.6) is 0 Å². The number of hydrogen-bond donors (Lipinski definition) is 1. The number of unbranched alkanes of at least 4 members (excludes halogenated alkanes) is 1. The fourth-order valence-electron chi connectivity index (χ4n) is 4.72. The molecule has 214 valence electrons. The second-order valence-corrected chi connectivity index (χ2v) is 10.0. The van der Waals surface area contributed by atoms with Gasteiger partial charge in [-0.2, -0.15) is 0 Å². The average molecular weight is 549 g/mol. The molecule has 0 bridgehead atoms. The molecule has 0 aliphatic carbocycles. The van der Waals surface area contributed by atoms with Gasteiger partial charge in [0.15, 0.2) is 12.4 Å². The van der Waals surface area contributed by atoms with E-state index < -0.39 is 36.7 Å². The van der Waals surface area contributed by atoms with Gasteiger partial charge in [0.2, 0.25) is 0 Å². The maximum atomic E-state index is 11.9. The average Bonchev–Trinajstić information content (AvgIpc) is 2.99. The highest BCUT2D eigenvalue weighted by atomic mass is 16.7. The Bertz CT molecular complexity index is 1110. The van der Waals surface area contributed by atoms with Crippen LogP contribution in [0, 0.1) is 0 Å². The van der Waals surface area contributed by atoms with Crippen LogP contribution in [0.25, 0.3) is 0 Å². The largest absolute Gasteiger partial charge is 0.479 e. The lowest BCUT2D eigenvalue weighted by molar-refractivity contribution is -0.288. The summed E-state index contributed by atoms with van der Waals surface area (Å²) in [4.78, 5) is 11.9. The van der Waals surface area contributed by atoms with Crippen molar-refractivity contribution in [1.82, 2.24) is 0 Å². The Kier molecular flexibility index (Phi) is 12.2. The van der Waals surface area contributed by atoms with Crippen LogP contribution < -0.4 is 0 Å². The van der Waals surface area contributed by atoms with Gasteiger partial charge >= 0.3 is 5.97 Å². The van der Waals surface area contributed by atoms with Crippen molar-refractivity contribution in [2.24, 2.45) is 0 Å². The number of aliphatic carboxylic acids is 1. The van der Waals surface area contributed by atoms with E-state index in [4.69, 9.17) is 23.7 Å². The highest BCUT2D eigenvalue weighted by Gasteiger charge is 2.42. The number of ether oxygens (including phenoxy) is 5. The van der Waals surface area contributed by atoms with Gasteiger partial charge in [-0.1, -0.05) is 111 Å². The van der Waals surface area contributed by atoms with Crippen molar-refractivity contribution in [3.05, 3.63) is 108 Å². The molecule has 1 aliphatic rings. The Hall–Kier alpha value is -3.07. The third-order valence-electron chi connectivity index (χ3n) is 6.88. The first-order chi connectivity index (χ1) is 19.6. The molecule has 0 saturated carbocycles. The molecule has 40 heavy (non-hydrogen) atoms. The molecule has 1 N–H and O–H groups in total. The fourth-order valence-corrected chi connectivity index (χ4v) is 4.72. The molecule has 1 saturated heterocycles. The second kappa shape index (κ2) is 16.3. The van der Waals surface area contributed by atoms with E-state index in [9.17, 15) is 9.90 Å². The van der Waals surface area contributed by atoms with Gasteiger partial charge in [0.25, 0.3) is 0 Å². The smallest absolute Gasteiger partial charge is 0.332 e. The minimum Gasteiger partial charge on any atom is -0.479 e. The summed E-state index contributed by atoms with van der Waals surface area (Å²) in [5, 5.41) is 9.78. The molecular weight excluding hydrogens is 508 g/mol. The summed E-state index contributed by atoms with van der Waals surface area (Å²) in [6.07, 6.45) is -0.675. The number of carbonyl (C=O) groups is 1. The van der Waals surface area contributed by atoms with Crippen molar-refractivity contribution < 1.29 is 33.6 Å². The van der Waals surface area contributed by atoms with Crippen LogP contribution in [-0.2, 0) is 48.3 Å². The van der Waals surface area contributed by atoms with Crippen molar-refractivity contribution >= 4 is 5.97 Å². The fraction of sp³-hybridized carbons (Fsp3) is 0.424. The van der Waals surface area contributed by atoms with E-state index in [2.05, 4.69) is 0 Å². The van der Waals surface area contributed by atoms with Gasteiger partial charge in [-0.15, -0.1) is 0 Å². The maximum absolute atomic E-state index is 11.9. The lowest BCUT2D eigenvalue weighted by Gasteiger charge is -2.41. The normalized spacial score (nSPS) is 21.6. The van der Waals surface area contributed by atoms with Gasteiger partial charge in [0.1, 0.15) is 12.2 Å². The van der Waals surface area contributed by atoms with Gasteiger partial charge < -0.3 is 28.8 Å². The second-order valence-electron chi connectivity index (χ2n) is 10.0. The number of carboxylic acids is 1. The first kappa shape index (κ1) is 29.9. The third-order valence-corrected chi connectivity index (χ3v) is 6.88. The minimum absolute atomic E-state index is 0.242. The summed E-state index contributed by atoms with van der Waals surface area (Å²) in [5.41, 5.74) is 3.13. The molecule has 1 unspecified atom stereocenters. The number of benzene rings is 3. The minimum atomic E-state index is -0.988. The van der Waals surface area contributed by atoms with Gasteiger partial charge in [-0.05, 0) is 23.1 Å². The van der Waals surface area contributed by atoms with Gasteiger partial charge in [0.05, 0.1) is 32.5 Å². The summed E-state index contributed by atoms with van der Waals surface area (Å²) in [6.45, 7) is 3.46. The topological polar surface area (TPSA) is 83.5 Å². The van der Waals surface area contributed by atoms with Crippen molar-refractivity contribution in [3.8, 4) is 0 Å². The van der Waals surface area contributed by atoms with Crippen LogP contribution in [0.15, 0.2) is 91.0 Å². The summed E-state index contributed by atoms with van der Waals surface area (Å²) in [7, 11) is 0. The SMILES string of the molecule is CCCCC(O[C@@H]1C[C@@H](OCc2ccccc2)[C@H](OCc2ccccc2)[C@@H](COCc2ccccc2)O1)C(=O)O. The predicted molar refractivity (Wildman–Crippen MR) is 151 cm³/mol. The van der Waals surface area contributed by atoms with E-state index in [1.165, 1.54) is 0 Å². The van der Waals surface area contributed by atoms with E-state index in [-0.39, 0.29) is 6.61 Å². The van der Waals surface area contributed by atoms with E-state index >= 15 is 0 Å². The molecule has 7 heteroatoms. The molecule has 3 aromatic carbocycles. The predicted octanol–water partition coefficient (Wildman–Crippen LogP) is 6.15. The van der Waals surface area contributed by atoms with Crippen molar-refractivity contribution in [2.75, 3.05) is 6.61 Å². The van der Waals surface area contributed by atoms with Gasteiger partial charge in [-0.3, -0.25) is 0 Å². The number of hydrogen-bond acceptors (Lipinski definition) is 6. The molecule has 0 radical (unpaired) electrons. The third kappa shape index (κ3) is 9.54. The number of rotatable bonds is 16. The Labute approximate surface area is 237 Å². The molecule has 0 spiro atoms. The van der Waals surface area contributed by atoms with Crippen LogP contribution in [0.2, 0.25) is 0 Å². The van der Waals surface area contributed by atoms with Crippen LogP contribution in [0.3, 0.4) is 0 Å². The van der Waals surface area contributed by atoms with Crippen LogP contribution in [0.4, 0.5) is 0 Å². The molecule has 3 aromatic rings. The Morgan fingerprint density at radius 2 is 1.40 bits per heavy atom.